The molecule has 0 unspecified atom stereocenters. The second kappa shape index (κ2) is 14.3. The highest BCUT2D eigenvalue weighted by Gasteiger charge is 1.96. The molecule has 6 heteroatoms. The predicted molar refractivity (Wildman–Crippen MR) is 88.0 cm³/mol. The van der Waals surface area contributed by atoms with E-state index in [1.54, 1.807) is 0 Å². The second-order valence-corrected chi connectivity index (χ2v) is 7.68. The van der Waals surface area contributed by atoms with Crippen molar-refractivity contribution in [1.82, 2.24) is 10.9 Å². The van der Waals surface area contributed by atoms with E-state index in [-0.39, 0.29) is 0 Å². The third-order valence-electron chi connectivity index (χ3n) is 2.47. The standard InChI is InChI=1S/C4H10N2.C4H8OS.C4H8S2/c1-2-4-6-5-3-1;1-3-6-4-2-5-1;1-2-6-4-3-5-1/h5-6H,1-4H2;2*1-4H2. The number of hydrogen-bond donors (Lipinski definition) is 2. The summed E-state index contributed by atoms with van der Waals surface area (Å²) in [5.41, 5.74) is 6.07. The summed E-state index contributed by atoms with van der Waals surface area (Å²) in [7, 11) is 0. The van der Waals surface area contributed by atoms with Gasteiger partial charge in [0.2, 0.25) is 0 Å². The van der Waals surface area contributed by atoms with Crippen LogP contribution >= 0.6 is 35.3 Å². The molecule has 0 radical (unpaired) electrons. The molecule has 0 atom stereocenters. The third-order valence-corrected chi connectivity index (χ3v) is 5.87. The fourth-order valence-electron chi connectivity index (χ4n) is 1.48. The lowest BCUT2D eigenvalue weighted by Gasteiger charge is -2.10. The zero-order chi connectivity index (χ0) is 12.7. The molecule has 3 heterocycles. The first-order chi connectivity index (χ1) is 9.00. The molecule has 0 bridgehead atoms. The molecule has 0 aromatic rings. The van der Waals surface area contributed by atoms with Crippen molar-refractivity contribution in [1.29, 1.82) is 0 Å². The molecule has 18 heavy (non-hydrogen) atoms. The number of rotatable bonds is 0. The summed E-state index contributed by atoms with van der Waals surface area (Å²) >= 11 is 6.12. The zero-order valence-electron chi connectivity index (χ0n) is 11.1. The molecule has 0 spiro atoms. The first-order valence-corrected chi connectivity index (χ1v) is 10.2. The summed E-state index contributed by atoms with van der Waals surface area (Å²) in [4.78, 5) is 0. The van der Waals surface area contributed by atoms with Crippen molar-refractivity contribution in [2.45, 2.75) is 12.8 Å². The topological polar surface area (TPSA) is 33.3 Å². The Kier molecular flexibility index (Phi) is 13.5. The summed E-state index contributed by atoms with van der Waals surface area (Å²) in [6, 6.07) is 0. The van der Waals surface area contributed by atoms with E-state index in [0.29, 0.717) is 0 Å². The molecule has 0 aromatic heterocycles. The Morgan fingerprint density at radius 1 is 0.611 bits per heavy atom. The molecule has 3 rings (SSSR count). The van der Waals surface area contributed by atoms with Crippen molar-refractivity contribution in [2.24, 2.45) is 0 Å². The highest BCUT2D eigenvalue weighted by Crippen LogP contribution is 2.14. The lowest BCUT2D eigenvalue weighted by molar-refractivity contribution is 0.161. The van der Waals surface area contributed by atoms with Gasteiger partial charge >= 0.3 is 0 Å². The molecule has 0 amide bonds. The number of nitrogens with one attached hydrogen (secondary N) is 2. The average Bonchev–Trinajstić information content (AvgIpc) is 2.54. The summed E-state index contributed by atoms with van der Waals surface area (Å²) < 4.78 is 5.05. The first-order valence-electron chi connectivity index (χ1n) is 6.77. The van der Waals surface area contributed by atoms with Crippen LogP contribution in [0.3, 0.4) is 0 Å². The summed E-state index contributed by atoms with van der Waals surface area (Å²) in [6.45, 7) is 4.20. The van der Waals surface area contributed by atoms with Crippen molar-refractivity contribution in [3.05, 3.63) is 0 Å². The van der Waals surface area contributed by atoms with Gasteiger partial charge in [0.15, 0.2) is 0 Å². The van der Waals surface area contributed by atoms with Gasteiger partial charge in [-0.05, 0) is 12.8 Å². The molecule has 3 nitrogen and oxygen atoms in total. The summed E-state index contributed by atoms with van der Waals surface area (Å²) in [6.07, 6.45) is 2.65. The Labute approximate surface area is 124 Å². The van der Waals surface area contributed by atoms with Crippen molar-refractivity contribution >= 4 is 35.3 Å². The molecule has 108 valence electrons. The van der Waals surface area contributed by atoms with Crippen molar-refractivity contribution in [3.63, 3.8) is 0 Å². The molecule has 0 aliphatic carbocycles. The predicted octanol–water partition coefficient (Wildman–Crippen LogP) is 2.09. The highest BCUT2D eigenvalue weighted by atomic mass is 32.2. The molecule has 3 saturated heterocycles. The fraction of sp³-hybridized carbons (Fsp3) is 1.00. The van der Waals surface area contributed by atoms with E-state index in [4.69, 9.17) is 4.74 Å². The van der Waals surface area contributed by atoms with Gasteiger partial charge in [-0.3, -0.25) is 10.9 Å². The molecular formula is C12H26N2OS3. The zero-order valence-corrected chi connectivity index (χ0v) is 13.6. The normalized spacial score (nSPS) is 24.0. The number of hydrogen-bond acceptors (Lipinski definition) is 6. The minimum Gasteiger partial charge on any atom is -0.380 e. The molecule has 0 saturated carbocycles. The van der Waals surface area contributed by atoms with Crippen LogP contribution in [0.5, 0.6) is 0 Å². The monoisotopic (exact) mass is 310 g/mol. The van der Waals surface area contributed by atoms with Crippen LogP contribution in [-0.4, -0.2) is 60.8 Å². The maximum atomic E-state index is 5.05. The van der Waals surface area contributed by atoms with Gasteiger partial charge < -0.3 is 4.74 Å². The Morgan fingerprint density at radius 2 is 1.06 bits per heavy atom. The van der Waals surface area contributed by atoms with E-state index < -0.39 is 0 Å². The van der Waals surface area contributed by atoms with Crippen molar-refractivity contribution in [2.75, 3.05) is 60.8 Å². The van der Waals surface area contributed by atoms with E-state index in [0.717, 1.165) is 26.3 Å². The lowest BCUT2D eigenvalue weighted by Crippen LogP contribution is -2.37. The molecule has 3 aliphatic heterocycles. The van der Waals surface area contributed by atoms with E-state index in [1.807, 2.05) is 11.8 Å². The van der Waals surface area contributed by atoms with E-state index >= 15 is 0 Å². The number of hydrazine groups is 1. The van der Waals surface area contributed by atoms with Crippen LogP contribution in [0.2, 0.25) is 0 Å². The molecule has 0 aromatic carbocycles. The van der Waals surface area contributed by atoms with Gasteiger partial charge in [0.25, 0.3) is 0 Å². The Morgan fingerprint density at radius 3 is 1.22 bits per heavy atom. The van der Waals surface area contributed by atoms with Crippen LogP contribution in [0, 0.1) is 0 Å². The van der Waals surface area contributed by atoms with E-state index in [9.17, 15) is 0 Å². The minimum atomic E-state index is 0.963. The van der Waals surface area contributed by atoms with Gasteiger partial charge in [-0.15, -0.1) is 0 Å². The Bertz CT molecular complexity index is 100. The van der Waals surface area contributed by atoms with Gasteiger partial charge in [-0.25, -0.2) is 0 Å². The van der Waals surface area contributed by atoms with Gasteiger partial charge in [0.05, 0.1) is 13.2 Å². The Balaban J connectivity index is 0.000000135. The van der Waals surface area contributed by atoms with Gasteiger partial charge in [-0.2, -0.15) is 35.3 Å². The highest BCUT2D eigenvalue weighted by molar-refractivity contribution is 8.06. The van der Waals surface area contributed by atoms with Crippen molar-refractivity contribution in [3.8, 4) is 0 Å². The van der Waals surface area contributed by atoms with Crippen LogP contribution in [0.25, 0.3) is 0 Å². The molecule has 3 fully saturated rings. The lowest BCUT2D eigenvalue weighted by atomic mass is 10.3. The largest absolute Gasteiger partial charge is 0.380 e. The van der Waals surface area contributed by atoms with Crippen LogP contribution in [0.1, 0.15) is 12.8 Å². The van der Waals surface area contributed by atoms with Gasteiger partial charge in [0.1, 0.15) is 0 Å². The van der Waals surface area contributed by atoms with Gasteiger partial charge in [-0.1, -0.05) is 0 Å². The van der Waals surface area contributed by atoms with Crippen LogP contribution < -0.4 is 10.9 Å². The van der Waals surface area contributed by atoms with Crippen LogP contribution in [0.15, 0.2) is 0 Å². The summed E-state index contributed by atoms with van der Waals surface area (Å²) in [5.74, 6) is 7.91. The van der Waals surface area contributed by atoms with Crippen LogP contribution in [0.4, 0.5) is 0 Å². The molecule has 2 N–H and O–H groups in total. The first kappa shape index (κ1) is 17.0. The third kappa shape index (κ3) is 12.0. The van der Waals surface area contributed by atoms with E-state index in [1.165, 1.54) is 47.4 Å². The van der Waals surface area contributed by atoms with Gasteiger partial charge in [0, 0.05) is 47.6 Å². The SMILES string of the molecule is C1CCNNC1.C1CSCCO1.C1CSCCS1. The molecule has 3 aliphatic rings. The Hall–Kier alpha value is 0.930. The minimum absolute atomic E-state index is 0.963. The maximum absolute atomic E-state index is 5.05. The number of ether oxygens (including phenoxy) is 1. The maximum Gasteiger partial charge on any atom is 0.0557 e. The quantitative estimate of drug-likeness (QED) is 0.713. The second-order valence-electron chi connectivity index (χ2n) is 4.01. The van der Waals surface area contributed by atoms with E-state index in [2.05, 4.69) is 34.4 Å². The van der Waals surface area contributed by atoms with Crippen molar-refractivity contribution < 1.29 is 4.74 Å². The summed E-state index contributed by atoms with van der Waals surface area (Å²) in [5, 5.41) is 0. The van der Waals surface area contributed by atoms with Crippen LogP contribution in [-0.2, 0) is 4.74 Å². The number of thioether (sulfide) groups is 3. The average molecular weight is 311 g/mol. The smallest absolute Gasteiger partial charge is 0.0557 e. The molecular weight excluding hydrogens is 284 g/mol. The fourth-order valence-corrected chi connectivity index (χ4v) is 4.45.